The molecule has 0 bridgehead atoms. The van der Waals surface area contributed by atoms with E-state index in [9.17, 15) is 4.79 Å². The van der Waals surface area contributed by atoms with Crippen LogP contribution in [-0.4, -0.2) is 5.78 Å². The van der Waals surface area contributed by atoms with Crippen LogP contribution in [0.5, 0.6) is 0 Å². The SMILES string of the molecule is CC(=O)C(C)C(Nc1ccccc1)c1ccccc1. The topological polar surface area (TPSA) is 29.1 Å². The molecule has 0 fully saturated rings. The Morgan fingerprint density at radius 2 is 1.47 bits per heavy atom. The third-order valence-corrected chi connectivity index (χ3v) is 3.40. The lowest BCUT2D eigenvalue weighted by molar-refractivity contribution is -0.120. The van der Waals surface area contributed by atoms with Gasteiger partial charge in [0.05, 0.1) is 6.04 Å². The van der Waals surface area contributed by atoms with Crippen LogP contribution in [0.4, 0.5) is 5.69 Å². The zero-order valence-corrected chi connectivity index (χ0v) is 11.3. The fourth-order valence-corrected chi connectivity index (χ4v) is 2.11. The minimum absolute atomic E-state index is 0.00102. The van der Waals surface area contributed by atoms with Crippen LogP contribution in [0.25, 0.3) is 0 Å². The van der Waals surface area contributed by atoms with Crippen molar-refractivity contribution in [2.45, 2.75) is 19.9 Å². The van der Waals surface area contributed by atoms with Crippen LogP contribution in [0.15, 0.2) is 60.7 Å². The van der Waals surface area contributed by atoms with E-state index in [1.54, 1.807) is 6.92 Å². The number of anilines is 1. The Balaban J connectivity index is 2.27. The number of hydrogen-bond acceptors (Lipinski definition) is 2. The van der Waals surface area contributed by atoms with E-state index in [1.165, 1.54) is 0 Å². The van der Waals surface area contributed by atoms with E-state index in [1.807, 2.05) is 55.5 Å². The molecule has 2 heteroatoms. The Labute approximate surface area is 114 Å². The van der Waals surface area contributed by atoms with Gasteiger partial charge in [-0.15, -0.1) is 0 Å². The van der Waals surface area contributed by atoms with Gasteiger partial charge in [0.1, 0.15) is 5.78 Å². The monoisotopic (exact) mass is 253 g/mol. The Kier molecular flexibility index (Phi) is 4.35. The van der Waals surface area contributed by atoms with Crippen LogP contribution in [-0.2, 0) is 4.79 Å². The number of carbonyl (C=O) groups excluding carboxylic acids is 1. The van der Waals surface area contributed by atoms with E-state index in [4.69, 9.17) is 0 Å². The molecule has 1 N–H and O–H groups in total. The third-order valence-electron chi connectivity index (χ3n) is 3.40. The summed E-state index contributed by atoms with van der Waals surface area (Å²) < 4.78 is 0. The standard InChI is InChI=1S/C17H19NO/c1-13(14(2)19)17(15-9-5-3-6-10-15)18-16-11-7-4-8-12-16/h3-13,17-18H,1-2H3. The molecule has 2 unspecified atom stereocenters. The molecule has 2 aromatic carbocycles. The van der Waals surface area contributed by atoms with Crippen molar-refractivity contribution in [1.29, 1.82) is 0 Å². The average Bonchev–Trinajstić information content (AvgIpc) is 2.46. The lowest BCUT2D eigenvalue weighted by Crippen LogP contribution is -2.23. The van der Waals surface area contributed by atoms with Crippen molar-refractivity contribution < 1.29 is 4.79 Å². The molecular weight excluding hydrogens is 234 g/mol. The first-order valence-corrected chi connectivity index (χ1v) is 6.55. The van der Waals surface area contributed by atoms with Crippen LogP contribution in [0.1, 0.15) is 25.5 Å². The number of carbonyl (C=O) groups is 1. The van der Waals surface area contributed by atoms with Crippen molar-refractivity contribution in [2.75, 3.05) is 5.32 Å². The van der Waals surface area contributed by atoms with Crippen molar-refractivity contribution in [3.05, 3.63) is 66.2 Å². The highest BCUT2D eigenvalue weighted by Crippen LogP contribution is 2.27. The van der Waals surface area contributed by atoms with Gasteiger partial charge in [-0.2, -0.15) is 0 Å². The van der Waals surface area contributed by atoms with Crippen LogP contribution < -0.4 is 5.32 Å². The smallest absolute Gasteiger partial charge is 0.135 e. The quantitative estimate of drug-likeness (QED) is 0.870. The number of Topliss-reactive ketones (excluding diaryl/α,β-unsaturated/α-hetero) is 1. The Morgan fingerprint density at radius 3 is 2.00 bits per heavy atom. The maximum absolute atomic E-state index is 11.7. The van der Waals surface area contributed by atoms with E-state index in [-0.39, 0.29) is 17.7 Å². The Bertz CT molecular complexity index is 521. The van der Waals surface area contributed by atoms with E-state index in [0.29, 0.717) is 0 Å². The molecule has 0 amide bonds. The first-order valence-electron chi connectivity index (χ1n) is 6.55. The van der Waals surface area contributed by atoms with Gasteiger partial charge >= 0.3 is 0 Å². The van der Waals surface area contributed by atoms with E-state index in [2.05, 4.69) is 17.4 Å². The first-order chi connectivity index (χ1) is 9.18. The molecule has 2 atom stereocenters. The van der Waals surface area contributed by atoms with Crippen LogP contribution in [0.2, 0.25) is 0 Å². The summed E-state index contributed by atoms with van der Waals surface area (Å²) in [5.41, 5.74) is 2.17. The molecule has 0 radical (unpaired) electrons. The second kappa shape index (κ2) is 6.19. The predicted octanol–water partition coefficient (Wildman–Crippen LogP) is 4.06. The maximum atomic E-state index is 11.7. The number of nitrogens with one attached hydrogen (secondary N) is 1. The minimum atomic E-state index is -0.0670. The summed E-state index contributed by atoms with van der Waals surface area (Å²) in [6, 6.07) is 20.1. The maximum Gasteiger partial charge on any atom is 0.135 e. The lowest BCUT2D eigenvalue weighted by Gasteiger charge is -2.25. The summed E-state index contributed by atoms with van der Waals surface area (Å²) in [4.78, 5) is 11.7. The number of rotatable bonds is 5. The van der Waals surface area contributed by atoms with E-state index >= 15 is 0 Å². The summed E-state index contributed by atoms with van der Waals surface area (Å²) in [7, 11) is 0. The fraction of sp³-hybridized carbons (Fsp3) is 0.235. The van der Waals surface area contributed by atoms with Crippen molar-refractivity contribution >= 4 is 11.5 Å². The number of ketones is 1. The highest BCUT2D eigenvalue weighted by atomic mass is 16.1. The molecule has 0 aliphatic rings. The summed E-state index contributed by atoms with van der Waals surface area (Å²) in [5.74, 6) is 0.125. The zero-order chi connectivity index (χ0) is 13.7. The molecule has 0 saturated heterocycles. The minimum Gasteiger partial charge on any atom is -0.378 e. The molecule has 0 saturated carbocycles. The van der Waals surface area contributed by atoms with Crippen molar-refractivity contribution in [1.82, 2.24) is 0 Å². The lowest BCUT2D eigenvalue weighted by atomic mass is 9.91. The Morgan fingerprint density at radius 1 is 0.947 bits per heavy atom. The van der Waals surface area contributed by atoms with E-state index in [0.717, 1.165) is 11.3 Å². The van der Waals surface area contributed by atoms with Crippen LogP contribution >= 0.6 is 0 Å². The van der Waals surface area contributed by atoms with Gasteiger partial charge in [0.25, 0.3) is 0 Å². The van der Waals surface area contributed by atoms with Crippen LogP contribution in [0.3, 0.4) is 0 Å². The molecule has 98 valence electrons. The van der Waals surface area contributed by atoms with Crippen molar-refractivity contribution in [3.8, 4) is 0 Å². The Hall–Kier alpha value is -2.09. The van der Waals surface area contributed by atoms with Gasteiger partial charge in [0.2, 0.25) is 0 Å². The molecule has 2 nitrogen and oxygen atoms in total. The summed E-state index contributed by atoms with van der Waals surface area (Å²) in [5, 5.41) is 3.46. The second-order valence-electron chi connectivity index (χ2n) is 4.80. The fourth-order valence-electron chi connectivity index (χ4n) is 2.11. The van der Waals surface area contributed by atoms with Gasteiger partial charge in [-0.25, -0.2) is 0 Å². The largest absolute Gasteiger partial charge is 0.378 e. The summed E-state index contributed by atoms with van der Waals surface area (Å²) >= 11 is 0. The molecule has 0 heterocycles. The van der Waals surface area contributed by atoms with Gasteiger partial charge in [-0.05, 0) is 24.6 Å². The van der Waals surface area contributed by atoms with Gasteiger partial charge in [-0.1, -0.05) is 55.5 Å². The number of hydrogen-bond donors (Lipinski definition) is 1. The van der Waals surface area contributed by atoms with Gasteiger partial charge in [-0.3, -0.25) is 4.79 Å². The molecule has 0 aliphatic carbocycles. The molecule has 2 aromatic rings. The van der Waals surface area contributed by atoms with E-state index < -0.39 is 0 Å². The average molecular weight is 253 g/mol. The zero-order valence-electron chi connectivity index (χ0n) is 11.3. The number of benzene rings is 2. The summed E-state index contributed by atoms with van der Waals surface area (Å²) in [6.07, 6.45) is 0. The van der Waals surface area contributed by atoms with Crippen LogP contribution in [0, 0.1) is 5.92 Å². The van der Waals surface area contributed by atoms with Gasteiger partial charge < -0.3 is 5.32 Å². The molecule has 2 rings (SSSR count). The highest BCUT2D eigenvalue weighted by molar-refractivity contribution is 5.79. The predicted molar refractivity (Wildman–Crippen MR) is 79.1 cm³/mol. The molecule has 0 aromatic heterocycles. The van der Waals surface area contributed by atoms with Crippen molar-refractivity contribution in [3.63, 3.8) is 0 Å². The third kappa shape index (κ3) is 3.44. The normalized spacial score (nSPS) is 13.6. The van der Waals surface area contributed by atoms with Gasteiger partial charge in [0.15, 0.2) is 0 Å². The molecule has 19 heavy (non-hydrogen) atoms. The molecule has 0 aliphatic heterocycles. The van der Waals surface area contributed by atoms with Crippen molar-refractivity contribution in [2.24, 2.45) is 5.92 Å². The summed E-state index contributed by atoms with van der Waals surface area (Å²) in [6.45, 7) is 3.61. The number of para-hydroxylation sites is 1. The second-order valence-corrected chi connectivity index (χ2v) is 4.80. The highest BCUT2D eigenvalue weighted by Gasteiger charge is 2.22. The first kappa shape index (κ1) is 13.3. The molecule has 0 spiro atoms. The van der Waals surface area contributed by atoms with Gasteiger partial charge in [0, 0.05) is 11.6 Å². The molecular formula is C17H19NO.